The molecule has 1 rings (SSSR count). The molecule has 0 bridgehead atoms. The van der Waals surface area contributed by atoms with Crippen molar-refractivity contribution >= 4 is 18.3 Å². The zero-order valence-corrected chi connectivity index (χ0v) is 11.3. The number of halogens is 1. The molecule has 5 heteroatoms. The van der Waals surface area contributed by atoms with Crippen molar-refractivity contribution in [2.75, 3.05) is 26.8 Å². The molecule has 0 aliphatic carbocycles. The Hall–Kier alpha value is -0.320. The summed E-state index contributed by atoms with van der Waals surface area (Å²) in [4.78, 5) is 14.1. The van der Waals surface area contributed by atoms with Crippen LogP contribution < -0.4 is 5.32 Å². The van der Waals surface area contributed by atoms with E-state index in [1.54, 1.807) is 0 Å². The van der Waals surface area contributed by atoms with Gasteiger partial charge in [0.25, 0.3) is 0 Å². The van der Waals surface area contributed by atoms with E-state index in [1.165, 1.54) is 0 Å². The average molecular weight is 251 g/mol. The van der Waals surface area contributed by atoms with Gasteiger partial charge in [0.1, 0.15) is 0 Å². The van der Waals surface area contributed by atoms with Gasteiger partial charge in [0.2, 0.25) is 5.91 Å². The molecule has 1 aliphatic heterocycles. The van der Waals surface area contributed by atoms with Crippen molar-refractivity contribution in [2.24, 2.45) is 5.92 Å². The maximum Gasteiger partial charge on any atom is 0.227 e. The molecule has 1 N–H and O–H groups in total. The van der Waals surface area contributed by atoms with Gasteiger partial charge in [0, 0.05) is 12.5 Å². The number of hydrogen-bond donors (Lipinski definition) is 1. The third kappa shape index (κ3) is 3.61. The van der Waals surface area contributed by atoms with E-state index in [-0.39, 0.29) is 36.3 Å². The van der Waals surface area contributed by atoms with E-state index in [2.05, 4.69) is 5.32 Å². The molecule has 0 aromatic heterocycles. The van der Waals surface area contributed by atoms with E-state index in [1.807, 2.05) is 32.7 Å². The number of amides is 1. The van der Waals surface area contributed by atoms with Gasteiger partial charge in [-0.1, -0.05) is 6.92 Å². The van der Waals surface area contributed by atoms with Crippen molar-refractivity contribution in [2.45, 2.75) is 32.9 Å². The molecule has 0 aromatic rings. The lowest BCUT2D eigenvalue weighted by atomic mass is 10.1. The van der Waals surface area contributed by atoms with Crippen LogP contribution in [0.2, 0.25) is 0 Å². The molecule has 16 heavy (non-hydrogen) atoms. The predicted octanol–water partition coefficient (Wildman–Crippen LogP) is 0.899. The van der Waals surface area contributed by atoms with Gasteiger partial charge in [0.15, 0.2) is 0 Å². The van der Waals surface area contributed by atoms with Gasteiger partial charge in [-0.2, -0.15) is 0 Å². The second-order valence-corrected chi connectivity index (χ2v) is 4.44. The van der Waals surface area contributed by atoms with Gasteiger partial charge in [-0.25, -0.2) is 0 Å². The summed E-state index contributed by atoms with van der Waals surface area (Å²) in [7, 11) is 1.87. The van der Waals surface area contributed by atoms with Crippen molar-refractivity contribution in [1.29, 1.82) is 0 Å². The molecule has 1 fully saturated rings. The van der Waals surface area contributed by atoms with Crippen LogP contribution in [0.25, 0.3) is 0 Å². The monoisotopic (exact) mass is 250 g/mol. The van der Waals surface area contributed by atoms with E-state index in [9.17, 15) is 4.79 Å². The first-order valence-electron chi connectivity index (χ1n) is 5.62. The highest BCUT2D eigenvalue weighted by molar-refractivity contribution is 5.85. The van der Waals surface area contributed by atoms with Gasteiger partial charge >= 0.3 is 0 Å². The highest BCUT2D eigenvalue weighted by Gasteiger charge is 2.31. The predicted molar refractivity (Wildman–Crippen MR) is 66.9 cm³/mol. The van der Waals surface area contributed by atoms with E-state index in [4.69, 9.17) is 4.74 Å². The number of morpholine rings is 1. The minimum absolute atomic E-state index is 0. The lowest BCUT2D eigenvalue weighted by molar-refractivity contribution is -0.147. The normalized spacial score (nSPS) is 27.1. The molecule has 1 aliphatic rings. The highest BCUT2D eigenvalue weighted by atomic mass is 35.5. The average Bonchev–Trinajstić information content (AvgIpc) is 2.17. The Kier molecular flexibility index (Phi) is 6.95. The Labute approximate surface area is 104 Å². The van der Waals surface area contributed by atoms with Crippen molar-refractivity contribution in [1.82, 2.24) is 10.2 Å². The number of carbonyl (C=O) groups excluding carboxylic acids is 1. The second-order valence-electron chi connectivity index (χ2n) is 4.44. The Balaban J connectivity index is 0.00000225. The van der Waals surface area contributed by atoms with Crippen molar-refractivity contribution in [3.63, 3.8) is 0 Å². The lowest BCUT2D eigenvalue weighted by Crippen LogP contribution is -2.54. The van der Waals surface area contributed by atoms with Crippen LogP contribution in [0.4, 0.5) is 0 Å². The SMILES string of the molecule is CNCC(C)C(=O)N1C(C)COCC1C.Cl. The Morgan fingerprint density at radius 1 is 1.44 bits per heavy atom. The molecule has 0 saturated carbocycles. The number of carbonyl (C=O) groups is 1. The van der Waals surface area contributed by atoms with Crippen LogP contribution >= 0.6 is 12.4 Å². The quantitative estimate of drug-likeness (QED) is 0.809. The van der Waals surface area contributed by atoms with Gasteiger partial charge in [-0.05, 0) is 20.9 Å². The fraction of sp³-hybridized carbons (Fsp3) is 0.909. The number of nitrogens with zero attached hydrogens (tertiary/aromatic N) is 1. The van der Waals surface area contributed by atoms with E-state index >= 15 is 0 Å². The molecule has 1 heterocycles. The molecule has 3 atom stereocenters. The van der Waals surface area contributed by atoms with Gasteiger partial charge < -0.3 is 15.0 Å². The first-order valence-corrected chi connectivity index (χ1v) is 5.62. The van der Waals surface area contributed by atoms with Gasteiger partial charge in [-0.15, -0.1) is 12.4 Å². The third-order valence-corrected chi connectivity index (χ3v) is 2.85. The zero-order chi connectivity index (χ0) is 11.4. The molecular formula is C11H23ClN2O2. The van der Waals surface area contributed by atoms with Crippen molar-refractivity contribution in [3.05, 3.63) is 0 Å². The van der Waals surface area contributed by atoms with Crippen LogP contribution in [-0.2, 0) is 9.53 Å². The topological polar surface area (TPSA) is 41.6 Å². The third-order valence-electron chi connectivity index (χ3n) is 2.85. The molecular weight excluding hydrogens is 228 g/mol. The van der Waals surface area contributed by atoms with Crippen molar-refractivity contribution < 1.29 is 9.53 Å². The second kappa shape index (κ2) is 7.09. The first kappa shape index (κ1) is 15.7. The molecule has 96 valence electrons. The Bertz CT molecular complexity index is 216. The summed E-state index contributed by atoms with van der Waals surface area (Å²) in [6.07, 6.45) is 0. The first-order chi connectivity index (χ1) is 7.07. The number of nitrogens with one attached hydrogen (secondary N) is 1. The van der Waals surface area contributed by atoms with Crippen molar-refractivity contribution in [3.8, 4) is 0 Å². The maximum absolute atomic E-state index is 12.1. The van der Waals surface area contributed by atoms with Gasteiger partial charge in [0.05, 0.1) is 25.3 Å². The summed E-state index contributed by atoms with van der Waals surface area (Å²) in [6.45, 7) is 8.09. The summed E-state index contributed by atoms with van der Waals surface area (Å²) in [5, 5.41) is 3.04. The largest absolute Gasteiger partial charge is 0.377 e. The van der Waals surface area contributed by atoms with E-state index < -0.39 is 0 Å². The van der Waals surface area contributed by atoms with Crippen LogP contribution in [-0.4, -0.2) is 49.7 Å². The lowest BCUT2D eigenvalue weighted by Gasteiger charge is -2.40. The van der Waals surface area contributed by atoms with Crippen LogP contribution in [0, 0.1) is 5.92 Å². The summed E-state index contributed by atoms with van der Waals surface area (Å²) < 4.78 is 5.40. The summed E-state index contributed by atoms with van der Waals surface area (Å²) in [5.41, 5.74) is 0. The van der Waals surface area contributed by atoms with Crippen LogP contribution in [0.5, 0.6) is 0 Å². The van der Waals surface area contributed by atoms with Crippen LogP contribution in [0.3, 0.4) is 0 Å². The Morgan fingerprint density at radius 2 is 1.94 bits per heavy atom. The smallest absolute Gasteiger partial charge is 0.227 e. The number of ether oxygens (including phenoxy) is 1. The number of rotatable bonds is 3. The fourth-order valence-corrected chi connectivity index (χ4v) is 2.09. The minimum atomic E-state index is 0. The minimum Gasteiger partial charge on any atom is -0.377 e. The van der Waals surface area contributed by atoms with Crippen LogP contribution in [0.15, 0.2) is 0 Å². The number of hydrogen-bond acceptors (Lipinski definition) is 3. The molecule has 4 nitrogen and oxygen atoms in total. The maximum atomic E-state index is 12.1. The van der Waals surface area contributed by atoms with Gasteiger partial charge in [-0.3, -0.25) is 4.79 Å². The van der Waals surface area contributed by atoms with E-state index in [0.717, 1.165) is 6.54 Å². The zero-order valence-electron chi connectivity index (χ0n) is 10.5. The molecule has 0 aromatic carbocycles. The molecule has 1 saturated heterocycles. The Morgan fingerprint density at radius 3 is 2.38 bits per heavy atom. The van der Waals surface area contributed by atoms with E-state index in [0.29, 0.717) is 13.2 Å². The highest BCUT2D eigenvalue weighted by Crippen LogP contribution is 2.16. The van der Waals surface area contributed by atoms with Crippen LogP contribution in [0.1, 0.15) is 20.8 Å². The molecule has 1 amide bonds. The fourth-order valence-electron chi connectivity index (χ4n) is 2.09. The molecule has 0 radical (unpaired) electrons. The molecule has 0 spiro atoms. The summed E-state index contributed by atoms with van der Waals surface area (Å²) in [5.74, 6) is 0.269. The standard InChI is InChI=1S/C11H22N2O2.ClH/c1-8(5-12-4)11(14)13-9(2)6-15-7-10(13)3;/h8-10,12H,5-7H2,1-4H3;1H. The molecule has 3 unspecified atom stereocenters. The summed E-state index contributed by atoms with van der Waals surface area (Å²) >= 11 is 0. The summed E-state index contributed by atoms with van der Waals surface area (Å²) in [6, 6.07) is 0.390.